The average Bonchev–Trinajstić information content (AvgIpc) is 3.07. The number of nitrogens with zero attached hydrogens (tertiary/aromatic N) is 4. The normalized spacial score (nSPS) is 15.6. The monoisotopic (exact) mass is 401 g/mol. The van der Waals surface area contributed by atoms with Crippen LogP contribution in [0.4, 0.5) is 5.82 Å². The number of pyridine rings is 1. The van der Waals surface area contributed by atoms with E-state index in [0.29, 0.717) is 11.3 Å². The Morgan fingerprint density at radius 1 is 1.22 bits per heavy atom. The van der Waals surface area contributed by atoms with Crippen LogP contribution in [-0.2, 0) is 6.42 Å². The molecular formula is C20H24ClN5S. The molecule has 7 heteroatoms. The quantitative estimate of drug-likeness (QED) is 0.494. The summed E-state index contributed by atoms with van der Waals surface area (Å²) in [4.78, 5) is 15.4. The number of fused-ring (bicyclic) bond motifs is 1. The fourth-order valence-corrected chi connectivity index (χ4v) is 4.82. The Morgan fingerprint density at radius 3 is 2.78 bits per heavy atom. The molecule has 142 valence electrons. The van der Waals surface area contributed by atoms with Crippen LogP contribution in [0.5, 0.6) is 0 Å². The van der Waals surface area contributed by atoms with E-state index >= 15 is 0 Å². The summed E-state index contributed by atoms with van der Waals surface area (Å²) in [5.74, 6) is 0.999. The third-order valence-corrected chi connectivity index (χ3v) is 6.42. The van der Waals surface area contributed by atoms with Gasteiger partial charge in [0.1, 0.15) is 0 Å². The van der Waals surface area contributed by atoms with Gasteiger partial charge in [0.25, 0.3) is 0 Å². The summed E-state index contributed by atoms with van der Waals surface area (Å²) in [7, 11) is 0. The molecule has 5 nitrogen and oxygen atoms in total. The zero-order valence-corrected chi connectivity index (χ0v) is 17.1. The molecule has 0 aromatic carbocycles. The molecular weight excluding hydrogens is 378 g/mol. The van der Waals surface area contributed by atoms with E-state index in [1.54, 1.807) is 11.3 Å². The highest BCUT2D eigenvalue weighted by molar-refractivity contribution is 7.18. The molecule has 3 aromatic rings. The molecule has 1 fully saturated rings. The van der Waals surface area contributed by atoms with Gasteiger partial charge in [-0.2, -0.15) is 4.98 Å². The number of aryl methyl sites for hydroxylation is 2. The molecule has 0 spiro atoms. The van der Waals surface area contributed by atoms with Crippen LogP contribution < -0.4 is 10.2 Å². The molecule has 0 radical (unpaired) electrons. The topological polar surface area (TPSA) is 53.9 Å². The fraction of sp³-hybridized carbons (Fsp3) is 0.450. The number of hydrogen-bond donors (Lipinski definition) is 1. The van der Waals surface area contributed by atoms with Crippen LogP contribution in [-0.4, -0.2) is 40.6 Å². The average molecular weight is 402 g/mol. The maximum Gasteiger partial charge on any atom is 0.224 e. The van der Waals surface area contributed by atoms with E-state index in [-0.39, 0.29) is 0 Å². The molecule has 0 aliphatic carbocycles. The second kappa shape index (κ2) is 8.50. The number of halogens is 1. The fourth-order valence-electron chi connectivity index (χ4n) is 3.65. The van der Waals surface area contributed by atoms with E-state index in [2.05, 4.69) is 49.6 Å². The van der Waals surface area contributed by atoms with Crippen LogP contribution in [0, 0.1) is 6.92 Å². The van der Waals surface area contributed by atoms with Crippen LogP contribution in [0.25, 0.3) is 10.2 Å². The van der Waals surface area contributed by atoms with Crippen molar-refractivity contribution in [3.63, 3.8) is 0 Å². The summed E-state index contributed by atoms with van der Waals surface area (Å²) < 4.78 is 1.15. The first kappa shape index (κ1) is 18.6. The molecule has 27 heavy (non-hydrogen) atoms. The summed E-state index contributed by atoms with van der Waals surface area (Å²) in [6.07, 6.45) is 8.24. The standard InChI is InChI=1S/C20H24ClN5S/c1-14-13-27-18-17(14)24-20(21)25-19(18)26-11-6-16(7-12-26)23-8-2-3-15-4-9-22-10-5-15/h4-5,9-10,13,16,23H,2-3,6-8,11-12H2,1H3. The van der Waals surface area contributed by atoms with Crippen LogP contribution >= 0.6 is 22.9 Å². The Morgan fingerprint density at radius 2 is 2.00 bits per heavy atom. The molecule has 1 saturated heterocycles. The first-order valence-corrected chi connectivity index (χ1v) is 10.7. The molecule has 0 bridgehead atoms. The highest BCUT2D eigenvalue weighted by atomic mass is 35.5. The lowest BCUT2D eigenvalue weighted by atomic mass is 10.0. The summed E-state index contributed by atoms with van der Waals surface area (Å²) in [5, 5.41) is 6.20. The van der Waals surface area contributed by atoms with Crippen molar-refractivity contribution in [2.45, 2.75) is 38.6 Å². The van der Waals surface area contributed by atoms with E-state index in [0.717, 1.165) is 61.4 Å². The predicted molar refractivity (Wildman–Crippen MR) is 113 cm³/mol. The maximum absolute atomic E-state index is 6.18. The summed E-state index contributed by atoms with van der Waals surface area (Å²) in [5.41, 5.74) is 3.52. The minimum Gasteiger partial charge on any atom is -0.355 e. The number of aromatic nitrogens is 3. The maximum atomic E-state index is 6.18. The highest BCUT2D eigenvalue weighted by Gasteiger charge is 2.23. The van der Waals surface area contributed by atoms with Gasteiger partial charge in [-0.15, -0.1) is 11.3 Å². The molecule has 4 rings (SSSR count). The Balaban J connectivity index is 1.29. The molecule has 0 saturated carbocycles. The van der Waals surface area contributed by atoms with Gasteiger partial charge in [0.05, 0.1) is 10.2 Å². The van der Waals surface area contributed by atoms with Gasteiger partial charge in [-0.1, -0.05) is 0 Å². The lowest BCUT2D eigenvalue weighted by Crippen LogP contribution is -2.43. The number of thiophene rings is 1. The van der Waals surface area contributed by atoms with Gasteiger partial charge < -0.3 is 10.2 Å². The summed E-state index contributed by atoms with van der Waals surface area (Å²) in [6, 6.07) is 4.77. The van der Waals surface area contributed by atoms with E-state index in [9.17, 15) is 0 Å². The van der Waals surface area contributed by atoms with Crippen molar-refractivity contribution in [3.8, 4) is 0 Å². The Labute approximate surface area is 168 Å². The van der Waals surface area contributed by atoms with Crippen molar-refractivity contribution in [1.82, 2.24) is 20.3 Å². The van der Waals surface area contributed by atoms with E-state index in [1.807, 2.05) is 12.4 Å². The van der Waals surface area contributed by atoms with Gasteiger partial charge >= 0.3 is 0 Å². The van der Waals surface area contributed by atoms with Gasteiger partial charge in [-0.3, -0.25) is 4.98 Å². The number of hydrogen-bond acceptors (Lipinski definition) is 6. The zero-order chi connectivity index (χ0) is 18.6. The van der Waals surface area contributed by atoms with Crippen LogP contribution in [0.3, 0.4) is 0 Å². The number of nitrogens with one attached hydrogen (secondary N) is 1. The van der Waals surface area contributed by atoms with Crippen LogP contribution in [0.15, 0.2) is 29.9 Å². The van der Waals surface area contributed by atoms with Gasteiger partial charge in [0.2, 0.25) is 5.28 Å². The van der Waals surface area contributed by atoms with Crippen molar-refractivity contribution in [3.05, 3.63) is 46.3 Å². The second-order valence-corrected chi connectivity index (χ2v) is 8.30. The third-order valence-electron chi connectivity index (χ3n) is 5.17. The van der Waals surface area contributed by atoms with E-state index in [4.69, 9.17) is 11.6 Å². The number of piperidine rings is 1. The van der Waals surface area contributed by atoms with Crippen molar-refractivity contribution in [1.29, 1.82) is 0 Å². The van der Waals surface area contributed by atoms with Gasteiger partial charge in [-0.05, 0) is 79.4 Å². The van der Waals surface area contributed by atoms with Crippen molar-refractivity contribution < 1.29 is 0 Å². The lowest BCUT2D eigenvalue weighted by molar-refractivity contribution is 0.412. The van der Waals surface area contributed by atoms with Gasteiger partial charge in [0, 0.05) is 31.5 Å². The molecule has 4 heterocycles. The van der Waals surface area contributed by atoms with E-state index in [1.165, 1.54) is 11.1 Å². The van der Waals surface area contributed by atoms with Gasteiger partial charge in [0.15, 0.2) is 5.82 Å². The number of rotatable bonds is 6. The molecule has 1 aliphatic heterocycles. The molecule has 0 unspecified atom stereocenters. The zero-order valence-electron chi connectivity index (χ0n) is 15.5. The Bertz CT molecular complexity index is 890. The largest absolute Gasteiger partial charge is 0.355 e. The summed E-state index contributed by atoms with van der Waals surface area (Å²) in [6.45, 7) is 5.14. The minimum absolute atomic E-state index is 0.343. The predicted octanol–water partition coefficient (Wildman–Crippen LogP) is 4.24. The highest BCUT2D eigenvalue weighted by Crippen LogP contribution is 2.33. The molecule has 1 aliphatic rings. The molecule has 0 amide bonds. The molecule has 0 atom stereocenters. The lowest BCUT2D eigenvalue weighted by Gasteiger charge is -2.33. The van der Waals surface area contributed by atoms with Crippen molar-refractivity contribution in [2.24, 2.45) is 0 Å². The van der Waals surface area contributed by atoms with Gasteiger partial charge in [-0.25, -0.2) is 4.98 Å². The minimum atomic E-state index is 0.343. The molecule has 1 N–H and O–H groups in total. The van der Waals surface area contributed by atoms with Crippen LogP contribution in [0.1, 0.15) is 30.4 Å². The molecule has 3 aromatic heterocycles. The summed E-state index contributed by atoms with van der Waals surface area (Å²) >= 11 is 7.89. The third kappa shape index (κ3) is 4.39. The van der Waals surface area contributed by atoms with E-state index < -0.39 is 0 Å². The van der Waals surface area contributed by atoms with Crippen molar-refractivity contribution in [2.75, 3.05) is 24.5 Å². The van der Waals surface area contributed by atoms with Crippen LogP contribution in [0.2, 0.25) is 5.28 Å². The number of anilines is 1. The van der Waals surface area contributed by atoms with Crippen molar-refractivity contribution >= 4 is 39.0 Å². The Hall–Kier alpha value is -1.76. The Kier molecular flexibility index (Phi) is 5.86. The smallest absolute Gasteiger partial charge is 0.224 e. The second-order valence-electron chi connectivity index (χ2n) is 7.09. The SMILES string of the molecule is Cc1csc2c(N3CCC(NCCCc4ccncc4)CC3)nc(Cl)nc12. The first-order valence-electron chi connectivity index (χ1n) is 9.49. The first-order chi connectivity index (χ1) is 13.2.